The first-order valence-corrected chi connectivity index (χ1v) is 5.78. The smallest absolute Gasteiger partial charge is 0.223 e. The van der Waals surface area contributed by atoms with Crippen molar-refractivity contribution in [3.63, 3.8) is 0 Å². The van der Waals surface area contributed by atoms with Crippen LogP contribution in [0.3, 0.4) is 0 Å². The number of amides is 1. The molecular weight excluding hydrogens is 212 g/mol. The minimum Gasteiger partial charge on any atom is -1.00 e. The molecule has 1 heterocycles. The Bertz CT molecular complexity index is 181. The lowest BCUT2D eigenvalue weighted by molar-refractivity contribution is -0.129. The van der Waals surface area contributed by atoms with Gasteiger partial charge in [-0.05, 0) is 32.4 Å². The van der Waals surface area contributed by atoms with Gasteiger partial charge in [-0.25, -0.2) is 0 Å². The van der Waals surface area contributed by atoms with Gasteiger partial charge in [0.1, 0.15) is 0 Å². The molecule has 0 atom stereocenters. The molecule has 0 bridgehead atoms. The molecule has 1 saturated heterocycles. The maximum Gasteiger partial charge on any atom is 0.223 e. The second kappa shape index (κ2) is 7.94. The third-order valence-electron chi connectivity index (χ3n) is 2.62. The molecule has 1 rings (SSSR count). The largest absolute Gasteiger partial charge is 1.00 e. The van der Waals surface area contributed by atoms with Gasteiger partial charge in [0.25, 0.3) is 0 Å². The highest BCUT2D eigenvalue weighted by molar-refractivity contribution is 5.77. The molecule has 0 N–H and O–H groups in total. The second-order valence-electron chi connectivity index (χ2n) is 4.02. The minimum absolute atomic E-state index is 0. The van der Waals surface area contributed by atoms with E-state index in [9.17, 15) is 4.79 Å². The van der Waals surface area contributed by atoms with Crippen molar-refractivity contribution < 1.29 is 17.2 Å². The fourth-order valence-corrected chi connectivity index (χ4v) is 1.98. The van der Waals surface area contributed by atoms with Gasteiger partial charge >= 0.3 is 0 Å². The SMILES string of the molecule is CCCN(CCC)CN1CCCC1=O.[Cl-]. The van der Waals surface area contributed by atoms with Crippen LogP contribution in [0.4, 0.5) is 0 Å². The minimum atomic E-state index is 0. The van der Waals surface area contributed by atoms with Crippen molar-refractivity contribution in [2.75, 3.05) is 26.3 Å². The summed E-state index contributed by atoms with van der Waals surface area (Å²) in [5.41, 5.74) is 0. The molecule has 0 radical (unpaired) electrons. The van der Waals surface area contributed by atoms with Crippen LogP contribution in [0.1, 0.15) is 39.5 Å². The average molecular weight is 234 g/mol. The molecule has 1 aliphatic heterocycles. The Morgan fingerprint density at radius 3 is 2.27 bits per heavy atom. The first-order chi connectivity index (χ1) is 6.77. The molecule has 90 valence electrons. The molecule has 4 heteroatoms. The number of nitrogens with zero attached hydrogens (tertiary/aromatic N) is 2. The summed E-state index contributed by atoms with van der Waals surface area (Å²) in [6.45, 7) is 8.40. The molecular formula is C11H22ClN2O-. The summed E-state index contributed by atoms with van der Waals surface area (Å²) in [5.74, 6) is 0.335. The summed E-state index contributed by atoms with van der Waals surface area (Å²) >= 11 is 0. The lowest BCUT2D eigenvalue weighted by Crippen LogP contribution is -3.00. The molecule has 0 aromatic heterocycles. The predicted octanol–water partition coefficient (Wildman–Crippen LogP) is -1.31. The molecule has 15 heavy (non-hydrogen) atoms. The van der Waals surface area contributed by atoms with E-state index in [2.05, 4.69) is 18.7 Å². The molecule has 1 fully saturated rings. The summed E-state index contributed by atoms with van der Waals surface area (Å²) in [5, 5.41) is 0. The first kappa shape index (κ1) is 14.7. The molecule has 0 saturated carbocycles. The summed E-state index contributed by atoms with van der Waals surface area (Å²) in [7, 11) is 0. The van der Waals surface area contributed by atoms with Crippen LogP contribution in [0.15, 0.2) is 0 Å². The highest BCUT2D eigenvalue weighted by atomic mass is 35.5. The molecule has 0 aromatic rings. The normalized spacial score (nSPS) is 15.9. The highest BCUT2D eigenvalue weighted by Crippen LogP contribution is 2.10. The zero-order valence-corrected chi connectivity index (χ0v) is 10.6. The van der Waals surface area contributed by atoms with Gasteiger partial charge in [0.05, 0.1) is 6.67 Å². The van der Waals surface area contributed by atoms with E-state index in [4.69, 9.17) is 0 Å². The van der Waals surface area contributed by atoms with Crippen LogP contribution in [-0.4, -0.2) is 42.0 Å². The summed E-state index contributed by atoms with van der Waals surface area (Å²) in [6.07, 6.45) is 4.14. The number of hydrogen-bond donors (Lipinski definition) is 0. The topological polar surface area (TPSA) is 23.6 Å². The van der Waals surface area contributed by atoms with E-state index in [1.54, 1.807) is 0 Å². The van der Waals surface area contributed by atoms with Crippen LogP contribution >= 0.6 is 0 Å². The van der Waals surface area contributed by atoms with Crippen LogP contribution < -0.4 is 12.4 Å². The fraction of sp³-hybridized carbons (Fsp3) is 0.909. The van der Waals surface area contributed by atoms with Crippen molar-refractivity contribution in [3.05, 3.63) is 0 Å². The highest BCUT2D eigenvalue weighted by Gasteiger charge is 2.21. The molecule has 0 aliphatic carbocycles. The van der Waals surface area contributed by atoms with E-state index in [1.165, 1.54) is 12.8 Å². The molecule has 0 aromatic carbocycles. The Morgan fingerprint density at radius 2 is 1.87 bits per heavy atom. The maximum absolute atomic E-state index is 11.4. The van der Waals surface area contributed by atoms with Crippen molar-refractivity contribution in [2.24, 2.45) is 0 Å². The Kier molecular flexibility index (Phi) is 7.79. The number of carbonyl (C=O) groups excluding carboxylic acids is 1. The summed E-state index contributed by atoms with van der Waals surface area (Å²) in [4.78, 5) is 15.8. The molecule has 0 unspecified atom stereocenters. The van der Waals surface area contributed by atoms with Crippen LogP contribution in [0.25, 0.3) is 0 Å². The third-order valence-corrected chi connectivity index (χ3v) is 2.62. The fourth-order valence-electron chi connectivity index (χ4n) is 1.98. The van der Waals surface area contributed by atoms with E-state index in [0.29, 0.717) is 5.91 Å². The van der Waals surface area contributed by atoms with Gasteiger partial charge in [-0.1, -0.05) is 13.8 Å². The first-order valence-electron chi connectivity index (χ1n) is 5.78. The van der Waals surface area contributed by atoms with Crippen molar-refractivity contribution in [2.45, 2.75) is 39.5 Å². The van der Waals surface area contributed by atoms with Crippen molar-refractivity contribution >= 4 is 5.91 Å². The maximum atomic E-state index is 11.4. The second-order valence-corrected chi connectivity index (χ2v) is 4.02. The zero-order valence-electron chi connectivity index (χ0n) is 9.84. The lowest BCUT2D eigenvalue weighted by Gasteiger charge is -2.26. The molecule has 0 spiro atoms. The van der Waals surface area contributed by atoms with Gasteiger partial charge in [0.15, 0.2) is 0 Å². The number of rotatable bonds is 6. The van der Waals surface area contributed by atoms with Crippen molar-refractivity contribution in [1.29, 1.82) is 0 Å². The third kappa shape index (κ3) is 4.85. The molecule has 1 aliphatic rings. The number of halogens is 1. The van der Waals surface area contributed by atoms with E-state index in [0.717, 1.165) is 39.1 Å². The predicted molar refractivity (Wildman–Crippen MR) is 58.0 cm³/mol. The average Bonchev–Trinajstić information content (AvgIpc) is 2.53. The Balaban J connectivity index is 0.00000196. The Hall–Kier alpha value is -0.280. The number of carbonyl (C=O) groups is 1. The van der Waals surface area contributed by atoms with Gasteiger partial charge in [0.2, 0.25) is 5.91 Å². The van der Waals surface area contributed by atoms with Gasteiger partial charge in [-0.15, -0.1) is 0 Å². The summed E-state index contributed by atoms with van der Waals surface area (Å²) < 4.78 is 0. The lowest BCUT2D eigenvalue weighted by atomic mass is 10.4. The van der Waals surface area contributed by atoms with Crippen LogP contribution in [0.2, 0.25) is 0 Å². The van der Waals surface area contributed by atoms with Gasteiger partial charge < -0.3 is 17.3 Å². The van der Waals surface area contributed by atoms with Crippen molar-refractivity contribution in [3.8, 4) is 0 Å². The van der Waals surface area contributed by atoms with Crippen LogP contribution in [-0.2, 0) is 4.79 Å². The monoisotopic (exact) mass is 233 g/mol. The van der Waals surface area contributed by atoms with Gasteiger partial charge in [-0.3, -0.25) is 9.69 Å². The van der Waals surface area contributed by atoms with Crippen molar-refractivity contribution in [1.82, 2.24) is 9.80 Å². The Labute approximate surface area is 99.2 Å². The van der Waals surface area contributed by atoms with E-state index >= 15 is 0 Å². The van der Waals surface area contributed by atoms with Crippen LogP contribution in [0.5, 0.6) is 0 Å². The Morgan fingerprint density at radius 1 is 1.27 bits per heavy atom. The number of likely N-dealkylation sites (tertiary alicyclic amines) is 1. The number of hydrogen-bond acceptors (Lipinski definition) is 2. The standard InChI is InChI=1S/C11H22N2O.ClH/c1-3-7-12(8-4-2)10-13-9-5-6-11(13)14;/h3-10H2,1-2H3;1H/p-1. The zero-order chi connectivity index (χ0) is 10.4. The molecule has 3 nitrogen and oxygen atoms in total. The van der Waals surface area contributed by atoms with Gasteiger partial charge in [0, 0.05) is 13.0 Å². The quantitative estimate of drug-likeness (QED) is 0.569. The van der Waals surface area contributed by atoms with E-state index in [1.807, 2.05) is 4.90 Å². The van der Waals surface area contributed by atoms with E-state index in [-0.39, 0.29) is 12.4 Å². The summed E-state index contributed by atoms with van der Waals surface area (Å²) in [6, 6.07) is 0. The van der Waals surface area contributed by atoms with E-state index < -0.39 is 0 Å². The van der Waals surface area contributed by atoms with Gasteiger partial charge in [-0.2, -0.15) is 0 Å². The molecule has 1 amide bonds. The van der Waals surface area contributed by atoms with Crippen LogP contribution in [0, 0.1) is 0 Å².